The highest BCUT2D eigenvalue weighted by Crippen LogP contribution is 2.77. The second kappa shape index (κ2) is 4.73. The molecule has 6 rings (SSSR count). The Bertz CT molecular complexity index is 677. The standard InChI is InChI=1S/C20H30O6/c1-9-10-6-11(21)13-18-8-26-20(25,19(13,7-10)15(9)23)16(24)14(18)17(2,3)5-4-12(18)22/h10-16,21-25H,1,4-8H2,2-3H3/t10-,11+,12+,13+,14-,15-,16+,18-,19+,20+/m1/s1. The van der Waals surface area contributed by atoms with E-state index in [2.05, 4.69) is 6.58 Å². The van der Waals surface area contributed by atoms with Gasteiger partial charge in [-0.2, -0.15) is 0 Å². The Morgan fingerprint density at radius 2 is 1.81 bits per heavy atom. The number of aliphatic hydroxyl groups excluding tert-OH is 4. The Hall–Kier alpha value is -0.500. The van der Waals surface area contributed by atoms with Crippen LogP contribution in [0.3, 0.4) is 0 Å². The number of aliphatic hydroxyl groups is 5. The van der Waals surface area contributed by atoms with Crippen LogP contribution in [0.2, 0.25) is 0 Å². The van der Waals surface area contributed by atoms with E-state index in [0.29, 0.717) is 24.8 Å². The molecule has 0 aromatic heterocycles. The Morgan fingerprint density at radius 3 is 2.50 bits per heavy atom. The van der Waals surface area contributed by atoms with Gasteiger partial charge in [0.05, 0.1) is 30.3 Å². The number of rotatable bonds is 0. The highest BCUT2D eigenvalue weighted by atomic mass is 16.6. The molecule has 4 saturated carbocycles. The molecule has 4 aliphatic carbocycles. The average molecular weight is 366 g/mol. The molecule has 4 bridgehead atoms. The molecule has 0 amide bonds. The van der Waals surface area contributed by atoms with E-state index in [1.54, 1.807) is 0 Å². The smallest absolute Gasteiger partial charge is 0.201 e. The Labute approximate surface area is 153 Å². The van der Waals surface area contributed by atoms with E-state index in [1.807, 2.05) is 13.8 Å². The van der Waals surface area contributed by atoms with Crippen molar-refractivity contribution in [1.82, 2.24) is 0 Å². The second-order valence-electron chi connectivity index (χ2n) is 10.3. The minimum atomic E-state index is -1.95. The second-order valence-corrected chi connectivity index (χ2v) is 10.3. The van der Waals surface area contributed by atoms with E-state index in [-0.39, 0.29) is 17.9 Å². The number of ether oxygens (including phenoxy) is 1. The molecule has 5 N–H and O–H groups in total. The quantitative estimate of drug-likeness (QED) is 0.391. The van der Waals surface area contributed by atoms with Crippen LogP contribution in [0.5, 0.6) is 0 Å². The molecule has 0 unspecified atom stereocenters. The van der Waals surface area contributed by atoms with Gasteiger partial charge in [-0.25, -0.2) is 0 Å². The highest BCUT2D eigenvalue weighted by molar-refractivity contribution is 5.36. The molecule has 6 heteroatoms. The summed E-state index contributed by atoms with van der Waals surface area (Å²) in [5.41, 5.74) is -1.84. The first-order chi connectivity index (χ1) is 12.0. The minimum absolute atomic E-state index is 0.0865. The predicted molar refractivity (Wildman–Crippen MR) is 91.7 cm³/mol. The van der Waals surface area contributed by atoms with E-state index in [4.69, 9.17) is 4.74 Å². The summed E-state index contributed by atoms with van der Waals surface area (Å²) in [6, 6.07) is 0. The van der Waals surface area contributed by atoms with Gasteiger partial charge < -0.3 is 30.3 Å². The van der Waals surface area contributed by atoms with E-state index < -0.39 is 52.9 Å². The lowest BCUT2D eigenvalue weighted by atomic mass is 9.35. The zero-order valence-electron chi connectivity index (χ0n) is 15.4. The third-order valence-electron chi connectivity index (χ3n) is 9.02. The summed E-state index contributed by atoms with van der Waals surface area (Å²) in [6.07, 6.45) is -1.67. The van der Waals surface area contributed by atoms with Crippen molar-refractivity contribution in [3.8, 4) is 0 Å². The molecule has 146 valence electrons. The van der Waals surface area contributed by atoms with Crippen LogP contribution < -0.4 is 0 Å². The molecule has 2 spiro atoms. The van der Waals surface area contributed by atoms with E-state index in [0.717, 1.165) is 6.42 Å². The molecule has 2 heterocycles. The Kier molecular flexibility index (Phi) is 3.20. The average Bonchev–Trinajstić information content (AvgIpc) is 2.76. The zero-order chi connectivity index (χ0) is 18.9. The maximum atomic E-state index is 11.7. The molecular weight excluding hydrogens is 336 g/mol. The first-order valence-corrected chi connectivity index (χ1v) is 9.81. The first kappa shape index (κ1) is 17.6. The van der Waals surface area contributed by atoms with Gasteiger partial charge in [0.1, 0.15) is 6.10 Å². The summed E-state index contributed by atoms with van der Waals surface area (Å²) < 4.78 is 5.89. The maximum Gasteiger partial charge on any atom is 0.201 e. The zero-order valence-corrected chi connectivity index (χ0v) is 15.4. The highest BCUT2D eigenvalue weighted by Gasteiger charge is 2.85. The van der Waals surface area contributed by atoms with Gasteiger partial charge in [-0.3, -0.25) is 0 Å². The van der Waals surface area contributed by atoms with Crippen molar-refractivity contribution >= 4 is 0 Å². The largest absolute Gasteiger partial charge is 0.393 e. The molecule has 0 aromatic rings. The van der Waals surface area contributed by atoms with Crippen LogP contribution in [-0.2, 0) is 4.74 Å². The molecule has 6 nitrogen and oxygen atoms in total. The third-order valence-corrected chi connectivity index (χ3v) is 9.02. The van der Waals surface area contributed by atoms with Crippen molar-refractivity contribution in [2.75, 3.05) is 6.61 Å². The van der Waals surface area contributed by atoms with Gasteiger partial charge in [0, 0.05) is 17.3 Å². The van der Waals surface area contributed by atoms with Crippen molar-refractivity contribution < 1.29 is 30.3 Å². The fourth-order valence-corrected chi connectivity index (χ4v) is 8.13. The minimum Gasteiger partial charge on any atom is -0.393 e. The SMILES string of the molecule is C=C1[C@@H]2C[C@H](O)[C@H]3[C@]45CO[C@@](O)([C@@H](O)[C@@H]4C(C)(C)CC[C@@H]5O)[C@]3(C2)[C@@H]1O. The van der Waals surface area contributed by atoms with Crippen molar-refractivity contribution in [3.63, 3.8) is 0 Å². The number of fused-ring (bicyclic) bond motifs is 2. The predicted octanol–water partition coefficient (Wildman–Crippen LogP) is 0.167. The molecule has 2 aliphatic heterocycles. The van der Waals surface area contributed by atoms with E-state index in [9.17, 15) is 25.5 Å². The number of hydrogen-bond acceptors (Lipinski definition) is 6. The van der Waals surface area contributed by atoms with Crippen LogP contribution in [0.25, 0.3) is 0 Å². The van der Waals surface area contributed by atoms with Crippen LogP contribution in [-0.4, -0.2) is 62.3 Å². The van der Waals surface area contributed by atoms with Gasteiger partial charge in [0.15, 0.2) is 0 Å². The molecule has 6 aliphatic rings. The van der Waals surface area contributed by atoms with Gasteiger partial charge in [0.2, 0.25) is 5.79 Å². The van der Waals surface area contributed by atoms with Crippen LogP contribution in [0.15, 0.2) is 12.2 Å². The van der Waals surface area contributed by atoms with Crippen LogP contribution in [0.1, 0.15) is 39.5 Å². The van der Waals surface area contributed by atoms with Crippen molar-refractivity contribution in [3.05, 3.63) is 12.2 Å². The fourth-order valence-electron chi connectivity index (χ4n) is 8.13. The Balaban J connectivity index is 1.80. The van der Waals surface area contributed by atoms with Crippen LogP contribution >= 0.6 is 0 Å². The summed E-state index contributed by atoms with van der Waals surface area (Å²) in [7, 11) is 0. The summed E-state index contributed by atoms with van der Waals surface area (Å²) in [6.45, 7) is 8.20. The summed E-state index contributed by atoms with van der Waals surface area (Å²) in [5.74, 6) is -3.02. The molecular formula is C20H30O6. The van der Waals surface area contributed by atoms with E-state index in [1.165, 1.54) is 0 Å². The van der Waals surface area contributed by atoms with Gasteiger partial charge in [-0.1, -0.05) is 20.4 Å². The molecule has 2 saturated heterocycles. The number of hydrogen-bond donors (Lipinski definition) is 5. The first-order valence-electron chi connectivity index (χ1n) is 9.81. The van der Waals surface area contributed by atoms with Gasteiger partial charge in [-0.15, -0.1) is 0 Å². The van der Waals surface area contributed by atoms with Crippen molar-refractivity contribution in [2.45, 2.75) is 69.7 Å². The lowest BCUT2D eigenvalue weighted by molar-refractivity contribution is -0.473. The maximum absolute atomic E-state index is 11.7. The third kappa shape index (κ3) is 1.52. The van der Waals surface area contributed by atoms with Crippen LogP contribution in [0.4, 0.5) is 0 Å². The van der Waals surface area contributed by atoms with E-state index >= 15 is 0 Å². The summed E-state index contributed by atoms with van der Waals surface area (Å²) in [4.78, 5) is 0. The lowest BCUT2D eigenvalue weighted by Crippen LogP contribution is -2.85. The van der Waals surface area contributed by atoms with Gasteiger partial charge in [0.25, 0.3) is 0 Å². The normalized spacial score (nSPS) is 62.7. The lowest BCUT2D eigenvalue weighted by Gasteiger charge is -2.75. The van der Waals surface area contributed by atoms with Crippen LogP contribution in [0, 0.1) is 34.0 Å². The monoisotopic (exact) mass is 366 g/mol. The molecule has 10 atom stereocenters. The molecule has 0 aromatic carbocycles. The fraction of sp³-hybridized carbons (Fsp3) is 0.900. The topological polar surface area (TPSA) is 110 Å². The summed E-state index contributed by atoms with van der Waals surface area (Å²) >= 11 is 0. The van der Waals surface area contributed by atoms with Crippen molar-refractivity contribution in [1.29, 1.82) is 0 Å². The van der Waals surface area contributed by atoms with Gasteiger partial charge >= 0.3 is 0 Å². The molecule has 26 heavy (non-hydrogen) atoms. The molecule has 0 radical (unpaired) electrons. The van der Waals surface area contributed by atoms with Crippen molar-refractivity contribution in [2.24, 2.45) is 34.0 Å². The Morgan fingerprint density at radius 1 is 1.12 bits per heavy atom. The summed E-state index contributed by atoms with van der Waals surface area (Å²) in [5, 5.41) is 56.4. The van der Waals surface area contributed by atoms with Gasteiger partial charge in [-0.05, 0) is 42.6 Å². The molecule has 6 fully saturated rings.